The number of rotatable bonds is 6. The van der Waals surface area contributed by atoms with E-state index in [0.717, 1.165) is 23.7 Å². The summed E-state index contributed by atoms with van der Waals surface area (Å²) < 4.78 is 5.06. The first-order chi connectivity index (χ1) is 12.1. The van der Waals surface area contributed by atoms with Crippen molar-refractivity contribution in [2.45, 2.75) is 51.0 Å². The molecule has 4 aliphatic rings. The molecule has 1 N–H and O–H groups in total. The third-order valence-corrected chi connectivity index (χ3v) is 6.62. The van der Waals surface area contributed by atoms with Crippen molar-refractivity contribution in [3.8, 4) is 0 Å². The van der Waals surface area contributed by atoms with E-state index in [9.17, 15) is 9.59 Å². The van der Waals surface area contributed by atoms with Crippen LogP contribution in [-0.2, 0) is 4.79 Å². The second-order valence-corrected chi connectivity index (χ2v) is 8.26. The van der Waals surface area contributed by atoms with E-state index in [1.54, 1.807) is 12.1 Å². The summed E-state index contributed by atoms with van der Waals surface area (Å²) in [6, 6.07) is 3.79. The SMILES string of the molecule is CN(C(=O)CCCNC(=O)c1ccco1)C1C2CC3CC(C2)CC1C3. The van der Waals surface area contributed by atoms with E-state index in [-0.39, 0.29) is 11.8 Å². The molecule has 4 aliphatic carbocycles. The zero-order chi connectivity index (χ0) is 17.4. The summed E-state index contributed by atoms with van der Waals surface area (Å²) in [4.78, 5) is 26.5. The van der Waals surface area contributed by atoms with Gasteiger partial charge < -0.3 is 14.6 Å². The Labute approximate surface area is 149 Å². The smallest absolute Gasteiger partial charge is 0.286 e. The van der Waals surface area contributed by atoms with Gasteiger partial charge in [0.1, 0.15) is 0 Å². The van der Waals surface area contributed by atoms with Crippen molar-refractivity contribution in [1.29, 1.82) is 0 Å². The predicted molar refractivity (Wildman–Crippen MR) is 93.9 cm³/mol. The highest BCUT2D eigenvalue weighted by molar-refractivity contribution is 5.91. The number of hydrogen-bond acceptors (Lipinski definition) is 3. The second-order valence-electron chi connectivity index (χ2n) is 8.26. The molecule has 0 aliphatic heterocycles. The Bertz CT molecular complexity index is 597. The summed E-state index contributed by atoms with van der Waals surface area (Å²) >= 11 is 0. The number of hydrogen-bond donors (Lipinski definition) is 1. The fourth-order valence-corrected chi connectivity index (χ4v) is 5.81. The highest BCUT2D eigenvalue weighted by Crippen LogP contribution is 2.54. The normalized spacial score (nSPS) is 32.6. The van der Waals surface area contributed by atoms with Crippen LogP contribution in [0.1, 0.15) is 55.5 Å². The van der Waals surface area contributed by atoms with Crippen molar-refractivity contribution in [2.24, 2.45) is 23.7 Å². The van der Waals surface area contributed by atoms with E-state index < -0.39 is 0 Å². The van der Waals surface area contributed by atoms with E-state index in [0.29, 0.717) is 31.2 Å². The predicted octanol–water partition coefficient (Wildman–Crippen LogP) is 3.07. The van der Waals surface area contributed by atoms with Gasteiger partial charge in [0.2, 0.25) is 5.91 Å². The van der Waals surface area contributed by atoms with Crippen LogP contribution in [0.5, 0.6) is 0 Å². The zero-order valence-corrected chi connectivity index (χ0v) is 14.9. The van der Waals surface area contributed by atoms with Gasteiger partial charge in [0, 0.05) is 26.1 Å². The van der Waals surface area contributed by atoms with Crippen LogP contribution in [0.3, 0.4) is 0 Å². The van der Waals surface area contributed by atoms with Crippen LogP contribution >= 0.6 is 0 Å². The molecule has 4 fully saturated rings. The topological polar surface area (TPSA) is 62.6 Å². The number of amides is 2. The molecule has 5 nitrogen and oxygen atoms in total. The summed E-state index contributed by atoms with van der Waals surface area (Å²) in [7, 11) is 2.00. The van der Waals surface area contributed by atoms with E-state index in [4.69, 9.17) is 4.42 Å². The molecule has 0 aromatic carbocycles. The summed E-state index contributed by atoms with van der Waals surface area (Å²) in [5.41, 5.74) is 0. The molecule has 0 saturated heterocycles. The van der Waals surface area contributed by atoms with Gasteiger partial charge in [0.05, 0.1) is 6.26 Å². The summed E-state index contributed by atoms with van der Waals surface area (Å²) in [6.45, 7) is 0.501. The van der Waals surface area contributed by atoms with Crippen LogP contribution in [0.2, 0.25) is 0 Å². The van der Waals surface area contributed by atoms with Gasteiger partial charge in [0.15, 0.2) is 5.76 Å². The van der Waals surface area contributed by atoms with Crippen molar-refractivity contribution in [2.75, 3.05) is 13.6 Å². The molecule has 4 bridgehead atoms. The Morgan fingerprint density at radius 2 is 1.84 bits per heavy atom. The van der Waals surface area contributed by atoms with Crippen LogP contribution in [0, 0.1) is 23.7 Å². The third-order valence-electron chi connectivity index (χ3n) is 6.62. The molecule has 25 heavy (non-hydrogen) atoms. The molecule has 0 atom stereocenters. The summed E-state index contributed by atoms with van der Waals surface area (Å²) in [6.07, 6.45) is 9.40. The van der Waals surface area contributed by atoms with Crippen molar-refractivity contribution in [1.82, 2.24) is 10.2 Å². The molecule has 4 saturated carbocycles. The van der Waals surface area contributed by atoms with E-state index in [1.165, 1.54) is 38.4 Å². The Balaban J connectivity index is 1.23. The molecule has 0 spiro atoms. The minimum Gasteiger partial charge on any atom is -0.459 e. The molecular weight excluding hydrogens is 316 g/mol. The van der Waals surface area contributed by atoms with E-state index >= 15 is 0 Å². The van der Waals surface area contributed by atoms with Crippen LogP contribution in [0.25, 0.3) is 0 Å². The Morgan fingerprint density at radius 1 is 1.16 bits per heavy atom. The first-order valence-electron chi connectivity index (χ1n) is 9.69. The number of nitrogens with zero attached hydrogens (tertiary/aromatic N) is 1. The minimum absolute atomic E-state index is 0.216. The monoisotopic (exact) mass is 344 g/mol. The maximum absolute atomic E-state index is 12.6. The van der Waals surface area contributed by atoms with E-state index in [1.807, 2.05) is 11.9 Å². The number of nitrogens with one attached hydrogen (secondary N) is 1. The Hall–Kier alpha value is -1.78. The maximum Gasteiger partial charge on any atom is 0.286 e. The molecule has 0 radical (unpaired) electrons. The summed E-state index contributed by atoms with van der Waals surface area (Å²) in [5, 5.41) is 2.81. The van der Waals surface area contributed by atoms with E-state index in [2.05, 4.69) is 5.32 Å². The second kappa shape index (κ2) is 6.85. The van der Waals surface area contributed by atoms with Gasteiger partial charge in [-0.1, -0.05) is 0 Å². The van der Waals surface area contributed by atoms with Gasteiger partial charge in [-0.3, -0.25) is 9.59 Å². The van der Waals surface area contributed by atoms with Crippen molar-refractivity contribution in [3.63, 3.8) is 0 Å². The zero-order valence-electron chi connectivity index (χ0n) is 14.9. The number of carbonyl (C=O) groups is 2. The lowest BCUT2D eigenvalue weighted by atomic mass is 9.54. The maximum atomic E-state index is 12.6. The van der Waals surface area contributed by atoms with Crippen LogP contribution in [-0.4, -0.2) is 36.3 Å². The number of carbonyl (C=O) groups excluding carboxylic acids is 2. The average Bonchev–Trinajstić information content (AvgIpc) is 3.12. The third kappa shape index (κ3) is 3.33. The summed E-state index contributed by atoms with van der Waals surface area (Å²) in [5.74, 6) is 3.64. The minimum atomic E-state index is -0.216. The molecule has 5 heteroatoms. The first kappa shape index (κ1) is 16.7. The van der Waals surface area contributed by atoms with Gasteiger partial charge >= 0.3 is 0 Å². The fraction of sp³-hybridized carbons (Fsp3) is 0.700. The molecule has 136 valence electrons. The number of furan rings is 1. The van der Waals surface area contributed by atoms with Crippen LogP contribution < -0.4 is 5.32 Å². The quantitative estimate of drug-likeness (QED) is 0.807. The molecule has 1 aromatic heterocycles. The van der Waals surface area contributed by atoms with Crippen LogP contribution in [0.4, 0.5) is 0 Å². The molecular formula is C20H28N2O3. The molecule has 1 heterocycles. The highest BCUT2D eigenvalue weighted by Gasteiger charge is 2.50. The van der Waals surface area contributed by atoms with Gasteiger partial charge in [-0.15, -0.1) is 0 Å². The Morgan fingerprint density at radius 3 is 2.44 bits per heavy atom. The lowest BCUT2D eigenvalue weighted by Gasteiger charge is -2.56. The molecule has 0 unspecified atom stereocenters. The van der Waals surface area contributed by atoms with Crippen molar-refractivity contribution in [3.05, 3.63) is 24.2 Å². The first-order valence-corrected chi connectivity index (χ1v) is 9.69. The van der Waals surface area contributed by atoms with Crippen molar-refractivity contribution < 1.29 is 14.0 Å². The van der Waals surface area contributed by atoms with Crippen molar-refractivity contribution >= 4 is 11.8 Å². The standard InChI is InChI=1S/C20H28N2O3/c1-22(19-15-9-13-8-14(11-15)12-16(19)10-13)18(23)5-2-6-21-20(24)17-4-3-7-25-17/h3-4,7,13-16,19H,2,5-6,8-12H2,1H3,(H,21,24). The average molecular weight is 344 g/mol. The highest BCUT2D eigenvalue weighted by atomic mass is 16.3. The van der Waals surface area contributed by atoms with Crippen LogP contribution in [0.15, 0.2) is 22.8 Å². The fourth-order valence-electron chi connectivity index (χ4n) is 5.81. The van der Waals surface area contributed by atoms with Gasteiger partial charge in [-0.05, 0) is 74.3 Å². The largest absolute Gasteiger partial charge is 0.459 e. The van der Waals surface area contributed by atoms with Gasteiger partial charge in [0.25, 0.3) is 5.91 Å². The van der Waals surface area contributed by atoms with Gasteiger partial charge in [-0.25, -0.2) is 0 Å². The van der Waals surface area contributed by atoms with Gasteiger partial charge in [-0.2, -0.15) is 0 Å². The Kier molecular flexibility index (Phi) is 4.57. The lowest BCUT2D eigenvalue weighted by Crippen LogP contribution is -2.56. The lowest BCUT2D eigenvalue weighted by molar-refractivity contribution is -0.141. The molecule has 1 aromatic rings. The molecule has 2 amide bonds. The molecule has 5 rings (SSSR count).